The molecule has 5 aliphatic heterocycles. The summed E-state index contributed by atoms with van der Waals surface area (Å²) in [6.07, 6.45) is 28.4. The molecule has 4 saturated heterocycles. The Kier molecular flexibility index (Phi) is 59.2. The van der Waals surface area contributed by atoms with E-state index >= 15 is 0 Å². The topological polar surface area (TPSA) is 569 Å². The fraction of sp³-hybridized carbons (Fsp3) is 0.728. The molecule has 8 fully saturated rings. The van der Waals surface area contributed by atoms with Crippen LogP contribution in [0.1, 0.15) is 314 Å². The molecule has 9 rings (SSSR count). The molecule has 10 amide bonds. The second-order valence-corrected chi connectivity index (χ2v) is 41.5. The number of carboxylic acid groups (broad SMARTS) is 2. The van der Waals surface area contributed by atoms with Crippen LogP contribution >= 0.6 is 12.4 Å². The van der Waals surface area contributed by atoms with Gasteiger partial charge in [-0.3, -0.25) is 38.6 Å². The maximum Gasteiger partial charge on any atom is 1.00 e. The quantitative estimate of drug-likeness (QED) is 0.00969. The van der Waals surface area contributed by atoms with Gasteiger partial charge in [-0.05, 0) is 266 Å². The molecule has 0 aromatic rings. The van der Waals surface area contributed by atoms with E-state index in [1.807, 2.05) is 18.2 Å². The van der Waals surface area contributed by atoms with Gasteiger partial charge in [-0.15, -0.1) is 45.3 Å². The van der Waals surface area contributed by atoms with Gasteiger partial charge in [0.15, 0.2) is 0 Å². The Morgan fingerprint density at radius 3 is 1.31 bits per heavy atom. The van der Waals surface area contributed by atoms with E-state index in [2.05, 4.69) is 70.9 Å². The van der Waals surface area contributed by atoms with Crippen LogP contribution in [0.2, 0.25) is 0 Å². The maximum absolute atomic E-state index is 13.6. The molecule has 15 atom stereocenters. The third kappa shape index (κ3) is 44.7. The number of unbranched alkanes of at least 4 members (excludes halogenated alkanes) is 6. The average molecular weight is 2070 g/mol. The number of fused-ring (bicyclic) bond motifs is 2. The number of nitrogens with one attached hydrogen (secondary N) is 6. The zero-order valence-electron chi connectivity index (χ0n) is 90.0. The number of hydrogen-bond acceptors (Lipinski definition) is 27. The molecule has 824 valence electrons. The Morgan fingerprint density at radius 1 is 0.497 bits per heavy atom. The first-order valence-corrected chi connectivity index (χ1v) is 49.7. The van der Waals surface area contributed by atoms with E-state index in [1.54, 1.807) is 155 Å². The van der Waals surface area contributed by atoms with Crippen molar-refractivity contribution < 1.29 is 161 Å². The van der Waals surface area contributed by atoms with Crippen molar-refractivity contribution >= 4 is 108 Å². The number of rotatable bonds is 33. The first-order valence-electron chi connectivity index (χ1n) is 49.7. The van der Waals surface area contributed by atoms with Crippen LogP contribution in [-0.4, -0.2) is 282 Å². The van der Waals surface area contributed by atoms with Crippen LogP contribution in [0.3, 0.4) is 0 Å². The normalized spacial score (nSPS) is 24.6. The van der Waals surface area contributed by atoms with Gasteiger partial charge in [0, 0.05) is 49.9 Å². The van der Waals surface area contributed by atoms with Crippen LogP contribution in [0.25, 0.3) is 0 Å². The van der Waals surface area contributed by atoms with Gasteiger partial charge < -0.3 is 113 Å². The van der Waals surface area contributed by atoms with Crippen LogP contribution in [0.4, 0.5) is 24.0 Å². The SMILES string of the molecule is C.C=CC1C[C@]1(N)C(=O)OCC.C=CC1C[C@]1(NC(=O)[C@@H]1CCCN1C(=O)OC(C)(C)C)C(=O)OCC.C=CCCCCC[C@H](NC(=O)OC(C)(C)C)C(=O)N1CCC[C@H]1C(=O)N[C@]1(C(=O)OCC)C[C@H]1C=C.C=CCCCCC[C@H](NC(=O)OC(C)(C)C)C(=O)O.CC(C)(C)OC(=O)N1CCC[C@H]1C(=O)O.CCOC(=O)[C@@]12C[C@H]1/C=C\CCCCCC(NC(=O)OC(C)(C)C)C(=O)N1CCC[C@H]1C(=O)N2.Cl.O.[H-].[Li+].[OH-]. The predicted molar refractivity (Wildman–Crippen MR) is 545 cm³/mol. The fourth-order valence-corrected chi connectivity index (χ4v) is 16.7. The number of nitrogens with zero attached hydrogens (tertiary/aromatic N) is 4. The Balaban J connectivity index is -0.00000173. The van der Waals surface area contributed by atoms with Crippen LogP contribution in [0.5, 0.6) is 0 Å². The van der Waals surface area contributed by atoms with Gasteiger partial charge in [-0.25, -0.2) is 47.9 Å². The number of carbonyl (C=O) groups is 16. The summed E-state index contributed by atoms with van der Waals surface area (Å²) < 4.78 is 46.6. The van der Waals surface area contributed by atoms with Gasteiger partial charge >= 0.3 is 85.1 Å². The van der Waals surface area contributed by atoms with Crippen molar-refractivity contribution in [3.63, 3.8) is 0 Å². The summed E-state index contributed by atoms with van der Waals surface area (Å²) in [5.74, 6) is -5.68. The maximum atomic E-state index is 13.6. The summed E-state index contributed by atoms with van der Waals surface area (Å²) in [5, 5.41) is 34.3. The van der Waals surface area contributed by atoms with E-state index in [9.17, 15) is 76.7 Å². The number of amides is 10. The largest absolute Gasteiger partial charge is 1.00 e. The van der Waals surface area contributed by atoms with Crippen molar-refractivity contribution in [3.8, 4) is 0 Å². The molecule has 4 aliphatic carbocycles. The van der Waals surface area contributed by atoms with Gasteiger partial charge in [0.1, 0.15) is 92.5 Å². The molecule has 0 aromatic carbocycles. The first kappa shape index (κ1) is 137. The predicted octanol–water partition coefficient (Wildman–Crippen LogP) is 10.7. The molecule has 4 saturated carbocycles. The number of allylic oxidation sites excluding steroid dienone is 3. The molecule has 9 aliphatic rings. The van der Waals surface area contributed by atoms with Gasteiger partial charge in [0.05, 0.1) is 26.4 Å². The summed E-state index contributed by atoms with van der Waals surface area (Å²) in [7, 11) is 0. The van der Waals surface area contributed by atoms with Gasteiger partial charge in [0.2, 0.25) is 29.5 Å². The van der Waals surface area contributed by atoms with Crippen LogP contribution in [0, 0.1) is 23.7 Å². The Hall–Kier alpha value is -10.3. The van der Waals surface area contributed by atoms with Crippen molar-refractivity contribution in [3.05, 3.63) is 75.4 Å². The Bertz CT molecular complexity index is 4320. The van der Waals surface area contributed by atoms with E-state index in [4.69, 9.17) is 58.6 Å². The number of alkyl carbamates (subject to hydrolysis) is 3. The van der Waals surface area contributed by atoms with E-state index in [-0.39, 0.29) is 130 Å². The average Bonchev–Trinajstić information content (AvgIpc) is 1.59. The smallest absolute Gasteiger partial charge is 1.00 e. The van der Waals surface area contributed by atoms with Gasteiger partial charge in [-0.2, -0.15) is 0 Å². The van der Waals surface area contributed by atoms with Crippen molar-refractivity contribution in [1.29, 1.82) is 0 Å². The second-order valence-electron chi connectivity index (χ2n) is 41.5. The number of nitrogens with two attached hydrogens (primary N) is 1. The number of hydrogen-bond donors (Lipinski definition) is 9. The molecule has 0 aromatic heterocycles. The van der Waals surface area contributed by atoms with Crippen molar-refractivity contribution in [2.45, 2.75) is 405 Å². The van der Waals surface area contributed by atoms with E-state index in [0.717, 1.165) is 83.5 Å². The second kappa shape index (κ2) is 62.8. The summed E-state index contributed by atoms with van der Waals surface area (Å²) >= 11 is 0. The van der Waals surface area contributed by atoms with Crippen molar-refractivity contribution in [2.75, 3.05) is 52.6 Å². The number of halogens is 1. The minimum Gasteiger partial charge on any atom is -1.00 e. The molecular weight excluding hydrogens is 1900 g/mol. The molecule has 13 N–H and O–H groups in total. The third-order valence-corrected chi connectivity index (χ3v) is 24.1. The summed E-state index contributed by atoms with van der Waals surface area (Å²) in [6.45, 7) is 54.6. The van der Waals surface area contributed by atoms with E-state index < -0.39 is 153 Å². The minimum absolute atomic E-state index is 0. The third-order valence-electron chi connectivity index (χ3n) is 24.1. The first-order chi connectivity index (χ1) is 65.4. The standard InChI is InChI=1S/C27H43N3O6.C25H39N3O6.C18H28N2O5.C14H25NO4.C10H17NO4.C8H13NO2.CH4.ClH.Li.2H2O.H/c1-7-10-11-12-13-15-20(28-25(34)36-26(4,5)6)23(32)30-17-14-16-21(30)22(31)29-27(18-19(27)8-2)24(33)35-9-3;1-5-33-22(31)25-16-17(25)12-9-7-6-8-10-13-18(26-23(32)34-24(2,3)4)21(30)28-15-11-14-19(28)20(29)27-25;1-6-12-11-18(12,15(22)24-7-2)19-14(21)13-9-8-10-20(13)16(23)25-17(3,4)5;1-5-6-7-8-9-10-11(12(16)17)15-13(18)19-14(2,3)4;1-10(2,3)15-9(14)11-6-4-5-7(11)8(12)13;1-3-6-5-8(6,9)7(10)11-4-2;;;;;;/h7-8,19-21H,1-2,9-18H2,3-6H3,(H,28,34)(H,29,31);9,12,17-19H,5-8,10-11,13-16H2,1-4H3,(H,26,32)(H,27,29);6,12-13H,1,7-11H2,2-5H3,(H,19,21);5,11H,1,6-10H2,2-4H3,(H,15,18)(H,16,17);7H,4-6H2,1-3H3,(H,12,13);3,6H,1,4-5,9H2,2H3;1H4;1H;;2*1H2;/q;;;;;;;;+1;;;-1/p-1/b;12-9-;;;;;;;;;;/t19-,20+,21+,27-;17-,18?,19+,25-;12?,13-,18+;11-;7-;6?,8-;;;;;;/m110001....../s1. The molecule has 3 unspecified atom stereocenters. The summed E-state index contributed by atoms with van der Waals surface area (Å²) in [5.41, 5.74) is -1.51. The fourth-order valence-electron chi connectivity index (χ4n) is 16.7. The number of carbonyl (C=O) groups excluding carboxylic acids is 14. The zero-order valence-corrected chi connectivity index (χ0v) is 89.8. The van der Waals surface area contributed by atoms with E-state index in [1.165, 1.54) is 14.7 Å². The number of carboxylic acids is 2. The molecular formula is C103H174ClLiN11O29-. The molecule has 5 heterocycles. The van der Waals surface area contributed by atoms with Crippen LogP contribution in [-0.2, 0) is 95.4 Å². The van der Waals surface area contributed by atoms with Crippen molar-refractivity contribution in [1.82, 2.24) is 51.5 Å². The van der Waals surface area contributed by atoms with Gasteiger partial charge in [0.25, 0.3) is 0 Å². The summed E-state index contributed by atoms with van der Waals surface area (Å²) in [6, 6.07) is -5.23. The Labute approximate surface area is 878 Å². The Morgan fingerprint density at radius 2 is 0.897 bits per heavy atom. The number of aliphatic carboxylic acids is 2. The van der Waals surface area contributed by atoms with E-state index in [0.29, 0.717) is 123 Å². The minimum atomic E-state index is -1.12. The molecule has 0 radical (unpaired) electrons. The number of likely N-dealkylation sites (tertiary alicyclic amines) is 3. The molecule has 42 heteroatoms. The van der Waals surface area contributed by atoms with Gasteiger partial charge in [-0.1, -0.05) is 88.5 Å². The number of esters is 4. The zero-order chi connectivity index (χ0) is 106. The molecule has 0 spiro atoms. The monoisotopic (exact) mass is 2070 g/mol. The summed E-state index contributed by atoms with van der Waals surface area (Å²) in [4.78, 5) is 203. The van der Waals surface area contributed by atoms with Crippen LogP contribution < -0.4 is 56.5 Å². The number of ether oxygens (including phenoxy) is 9. The molecule has 145 heavy (non-hydrogen) atoms. The molecule has 40 nitrogen and oxygen atoms in total. The molecule has 0 bridgehead atoms. The van der Waals surface area contributed by atoms with Crippen LogP contribution in [0.15, 0.2) is 75.4 Å². The van der Waals surface area contributed by atoms with Crippen molar-refractivity contribution in [2.24, 2.45) is 29.4 Å².